The van der Waals surface area contributed by atoms with Crippen LogP contribution in [0.3, 0.4) is 0 Å². The van der Waals surface area contributed by atoms with Crippen LogP contribution in [0.25, 0.3) is 5.70 Å². The molecule has 0 aliphatic carbocycles. The fraction of sp³-hybridized carbons (Fsp3) is 0.138. The first-order valence-corrected chi connectivity index (χ1v) is 12.2. The number of benzene rings is 3. The van der Waals surface area contributed by atoms with Gasteiger partial charge in [0, 0.05) is 21.7 Å². The van der Waals surface area contributed by atoms with Crippen molar-refractivity contribution in [2.75, 3.05) is 6.61 Å². The number of nitrogens with two attached hydrogens (primary N) is 1. The number of amides is 2. The van der Waals surface area contributed by atoms with Gasteiger partial charge in [0.2, 0.25) is 11.8 Å². The average molecular weight is 545 g/mol. The Labute approximate surface area is 218 Å². The van der Waals surface area contributed by atoms with Crippen LogP contribution in [-0.2, 0) is 20.9 Å². The zero-order valence-corrected chi connectivity index (χ0v) is 21.1. The Morgan fingerprint density at radius 3 is 2.28 bits per heavy atom. The molecule has 0 saturated heterocycles. The molecule has 2 atom stereocenters. The number of carbonyl (C=O) groups is 3. The summed E-state index contributed by atoms with van der Waals surface area (Å²) in [5.41, 5.74) is 8.86. The summed E-state index contributed by atoms with van der Waals surface area (Å²) in [5, 5.41) is 0. The first kappa shape index (κ1) is 25.1. The molecule has 36 heavy (non-hydrogen) atoms. The molecule has 0 saturated carbocycles. The minimum Gasteiger partial charge on any atom is -0.461 e. The van der Waals surface area contributed by atoms with Gasteiger partial charge in [-0.05, 0) is 41.0 Å². The first-order valence-electron chi connectivity index (χ1n) is 11.4. The van der Waals surface area contributed by atoms with Gasteiger partial charge in [-0.25, -0.2) is 0 Å². The smallest absolute Gasteiger partial charge is 0.319 e. The predicted molar refractivity (Wildman–Crippen MR) is 141 cm³/mol. The molecule has 2 amide bonds. The van der Waals surface area contributed by atoms with Gasteiger partial charge < -0.3 is 15.4 Å². The fourth-order valence-electron chi connectivity index (χ4n) is 4.23. The zero-order valence-electron chi connectivity index (χ0n) is 19.5. The van der Waals surface area contributed by atoms with E-state index >= 15 is 0 Å². The second-order valence-electron chi connectivity index (χ2n) is 8.38. The lowest BCUT2D eigenvalue weighted by molar-refractivity contribution is -0.155. The molecule has 3 aromatic rings. The third kappa shape index (κ3) is 5.47. The van der Waals surface area contributed by atoms with E-state index in [0.29, 0.717) is 11.3 Å². The van der Waals surface area contributed by atoms with Gasteiger partial charge in [-0.1, -0.05) is 89.3 Å². The van der Waals surface area contributed by atoms with Crippen LogP contribution in [-0.4, -0.2) is 29.3 Å². The summed E-state index contributed by atoms with van der Waals surface area (Å²) in [6.07, 6.45) is 3.40. The summed E-state index contributed by atoms with van der Waals surface area (Å²) in [7, 11) is 0. The van der Waals surface area contributed by atoms with E-state index in [1.807, 2.05) is 60.7 Å². The number of allylic oxidation sites excluding steroid dienone is 1. The molecule has 1 aliphatic rings. The van der Waals surface area contributed by atoms with Gasteiger partial charge in [0.15, 0.2) is 0 Å². The van der Waals surface area contributed by atoms with Crippen LogP contribution in [0.4, 0.5) is 0 Å². The largest absolute Gasteiger partial charge is 0.461 e. The highest BCUT2D eigenvalue weighted by atomic mass is 79.9. The second-order valence-corrected chi connectivity index (χ2v) is 9.29. The molecule has 7 heteroatoms. The molecule has 0 aromatic heterocycles. The summed E-state index contributed by atoms with van der Waals surface area (Å²) < 4.78 is 6.25. The summed E-state index contributed by atoms with van der Waals surface area (Å²) >= 11 is 3.44. The molecule has 4 rings (SSSR count). The number of hydrogen-bond donors (Lipinski definition) is 1. The van der Waals surface area contributed by atoms with Crippen molar-refractivity contribution in [2.45, 2.75) is 12.5 Å². The van der Waals surface area contributed by atoms with Gasteiger partial charge in [0.05, 0.1) is 6.54 Å². The molecular weight excluding hydrogens is 520 g/mol. The highest BCUT2D eigenvalue weighted by molar-refractivity contribution is 9.10. The monoisotopic (exact) mass is 544 g/mol. The van der Waals surface area contributed by atoms with E-state index in [9.17, 15) is 14.4 Å². The van der Waals surface area contributed by atoms with Crippen LogP contribution >= 0.6 is 15.9 Å². The lowest BCUT2D eigenvalue weighted by Gasteiger charge is -2.37. The van der Waals surface area contributed by atoms with E-state index < -0.39 is 23.7 Å². The fourth-order valence-corrected chi connectivity index (χ4v) is 4.50. The lowest BCUT2D eigenvalue weighted by Crippen LogP contribution is -2.44. The zero-order chi connectivity index (χ0) is 25.7. The van der Waals surface area contributed by atoms with Crippen molar-refractivity contribution in [3.63, 3.8) is 0 Å². The SMILES string of the molecule is C=CCOC(=O)C1C(=O)N(Cc2ccccc2)C(c2ccc(C(N)=O)cc2)=CC1c1ccc(Br)cc1. The van der Waals surface area contributed by atoms with Crippen molar-refractivity contribution < 1.29 is 19.1 Å². The highest BCUT2D eigenvalue weighted by Crippen LogP contribution is 2.40. The van der Waals surface area contributed by atoms with E-state index in [2.05, 4.69) is 22.5 Å². The number of halogens is 1. The molecule has 1 aliphatic heterocycles. The third-order valence-corrected chi connectivity index (χ3v) is 6.55. The van der Waals surface area contributed by atoms with Crippen LogP contribution in [0.5, 0.6) is 0 Å². The molecule has 0 radical (unpaired) electrons. The molecule has 1 heterocycles. The van der Waals surface area contributed by atoms with Crippen LogP contribution in [0, 0.1) is 5.92 Å². The highest BCUT2D eigenvalue weighted by Gasteiger charge is 2.43. The Hall–Kier alpha value is -3.97. The van der Waals surface area contributed by atoms with Crippen molar-refractivity contribution in [2.24, 2.45) is 11.7 Å². The molecule has 0 spiro atoms. The second kappa shape index (κ2) is 11.2. The number of ether oxygens (including phenoxy) is 1. The molecule has 0 fully saturated rings. The van der Waals surface area contributed by atoms with Gasteiger partial charge in [-0.3, -0.25) is 14.4 Å². The summed E-state index contributed by atoms with van der Waals surface area (Å²) in [4.78, 5) is 40.4. The van der Waals surface area contributed by atoms with Crippen LogP contribution < -0.4 is 5.73 Å². The molecule has 6 nitrogen and oxygen atoms in total. The Kier molecular flexibility index (Phi) is 7.80. The summed E-state index contributed by atoms with van der Waals surface area (Å²) in [5.74, 6) is -3.12. The maximum absolute atomic E-state index is 14.0. The van der Waals surface area contributed by atoms with E-state index in [-0.39, 0.29) is 19.1 Å². The van der Waals surface area contributed by atoms with Gasteiger partial charge in [-0.15, -0.1) is 0 Å². The van der Waals surface area contributed by atoms with Crippen molar-refractivity contribution in [3.05, 3.63) is 124 Å². The molecule has 182 valence electrons. The quantitative estimate of drug-likeness (QED) is 0.244. The maximum Gasteiger partial charge on any atom is 0.319 e. The Balaban J connectivity index is 1.86. The van der Waals surface area contributed by atoms with Crippen LogP contribution in [0.2, 0.25) is 0 Å². The summed E-state index contributed by atoms with van der Waals surface area (Å²) in [6, 6.07) is 23.8. The third-order valence-electron chi connectivity index (χ3n) is 6.02. The van der Waals surface area contributed by atoms with Gasteiger partial charge in [0.25, 0.3) is 0 Å². The number of nitrogens with zero attached hydrogens (tertiary/aromatic N) is 1. The number of carbonyl (C=O) groups excluding carboxylic acids is 3. The molecule has 3 aromatic carbocycles. The van der Waals surface area contributed by atoms with Gasteiger partial charge in [0.1, 0.15) is 12.5 Å². The van der Waals surface area contributed by atoms with E-state index in [0.717, 1.165) is 21.2 Å². The maximum atomic E-state index is 14.0. The molecule has 2 unspecified atom stereocenters. The summed E-state index contributed by atoms with van der Waals surface area (Å²) in [6.45, 7) is 3.88. The Morgan fingerprint density at radius 2 is 1.67 bits per heavy atom. The topological polar surface area (TPSA) is 89.7 Å². The van der Waals surface area contributed by atoms with E-state index in [1.54, 1.807) is 29.2 Å². The van der Waals surface area contributed by atoms with Gasteiger partial charge in [-0.2, -0.15) is 0 Å². The molecular formula is C29H25BrN2O4. The molecule has 0 bridgehead atoms. The van der Waals surface area contributed by atoms with E-state index in [1.165, 1.54) is 6.08 Å². The number of hydrogen-bond acceptors (Lipinski definition) is 4. The van der Waals surface area contributed by atoms with Crippen LogP contribution in [0.1, 0.15) is 33.0 Å². The van der Waals surface area contributed by atoms with Crippen molar-refractivity contribution in [1.29, 1.82) is 0 Å². The normalized spacial score (nSPS) is 17.3. The van der Waals surface area contributed by atoms with E-state index in [4.69, 9.17) is 10.5 Å². The number of rotatable bonds is 8. The average Bonchev–Trinajstić information content (AvgIpc) is 2.89. The Bertz CT molecular complexity index is 1300. The number of primary amides is 1. The van der Waals surface area contributed by atoms with Crippen LogP contribution in [0.15, 0.2) is 102 Å². The standard InChI is InChI=1S/C29H25BrN2O4/c1-2-16-36-29(35)26-24(20-12-14-23(30)15-13-20)17-25(21-8-10-22(11-9-21)27(31)33)32(28(26)34)18-19-6-4-3-5-7-19/h2-15,17,24,26H,1,16,18H2,(H2,31,33). The van der Waals surface area contributed by atoms with Gasteiger partial charge >= 0.3 is 5.97 Å². The molecule has 2 N–H and O–H groups in total. The van der Waals surface area contributed by atoms with Crippen molar-refractivity contribution >= 4 is 39.4 Å². The Morgan fingerprint density at radius 1 is 1.00 bits per heavy atom. The predicted octanol–water partition coefficient (Wildman–Crippen LogP) is 5.06. The number of esters is 1. The lowest BCUT2D eigenvalue weighted by atomic mass is 9.80. The van der Waals surface area contributed by atoms with Crippen molar-refractivity contribution in [3.8, 4) is 0 Å². The van der Waals surface area contributed by atoms with Crippen molar-refractivity contribution in [1.82, 2.24) is 4.90 Å². The minimum atomic E-state index is -1.07. The minimum absolute atomic E-state index is 0.0134. The first-order chi connectivity index (χ1) is 17.4.